The maximum absolute atomic E-state index is 12.1. The summed E-state index contributed by atoms with van der Waals surface area (Å²) in [6, 6.07) is 3.91. The van der Waals surface area contributed by atoms with Crippen LogP contribution in [0, 0.1) is 5.92 Å². The average molecular weight is 294 g/mol. The minimum Gasteiger partial charge on any atom is -0.481 e. The van der Waals surface area contributed by atoms with E-state index in [2.05, 4.69) is 5.32 Å². The second-order valence-electron chi connectivity index (χ2n) is 5.56. The highest BCUT2D eigenvalue weighted by Gasteiger charge is 2.26. The first-order valence-electron chi connectivity index (χ1n) is 7.32. The highest BCUT2D eigenvalue weighted by atomic mass is 16.4. The number of carboxylic acid groups (broad SMARTS) is 1. The molecule has 1 atom stereocenters. The first-order valence-corrected chi connectivity index (χ1v) is 7.32. The van der Waals surface area contributed by atoms with Crippen LogP contribution in [0.25, 0.3) is 0 Å². The van der Waals surface area contributed by atoms with Gasteiger partial charge in [0.05, 0.1) is 18.7 Å². The Bertz CT molecular complexity index is 464. The fourth-order valence-electron chi connectivity index (χ4n) is 2.55. The van der Waals surface area contributed by atoms with E-state index in [0.29, 0.717) is 25.9 Å². The Kier molecular flexibility index (Phi) is 5.38. The van der Waals surface area contributed by atoms with Gasteiger partial charge in [-0.1, -0.05) is 0 Å². The lowest BCUT2D eigenvalue weighted by Gasteiger charge is -2.30. The van der Waals surface area contributed by atoms with Crippen molar-refractivity contribution >= 4 is 11.9 Å². The number of nitrogens with one attached hydrogen (secondary N) is 1. The number of hydrogen-bond donors (Lipinski definition) is 2. The van der Waals surface area contributed by atoms with Gasteiger partial charge >= 0.3 is 5.97 Å². The summed E-state index contributed by atoms with van der Waals surface area (Å²) < 4.78 is 5.27. The van der Waals surface area contributed by atoms with Gasteiger partial charge in [0.1, 0.15) is 5.76 Å². The van der Waals surface area contributed by atoms with Crippen molar-refractivity contribution in [3.8, 4) is 0 Å². The molecule has 1 aromatic rings. The van der Waals surface area contributed by atoms with E-state index in [0.717, 1.165) is 12.2 Å². The van der Waals surface area contributed by atoms with Crippen molar-refractivity contribution in [1.82, 2.24) is 10.2 Å². The van der Waals surface area contributed by atoms with E-state index in [-0.39, 0.29) is 24.4 Å². The number of likely N-dealkylation sites (tertiary alicyclic amines) is 1. The van der Waals surface area contributed by atoms with Crippen LogP contribution < -0.4 is 5.32 Å². The first kappa shape index (κ1) is 15.6. The lowest BCUT2D eigenvalue weighted by atomic mass is 9.97. The normalized spacial score (nSPS) is 17.7. The van der Waals surface area contributed by atoms with Gasteiger partial charge in [-0.05, 0) is 31.9 Å². The number of hydrogen-bond acceptors (Lipinski definition) is 4. The fourth-order valence-corrected chi connectivity index (χ4v) is 2.55. The van der Waals surface area contributed by atoms with Gasteiger partial charge in [-0.3, -0.25) is 9.59 Å². The molecule has 116 valence electrons. The molecular formula is C15H22N2O4. The van der Waals surface area contributed by atoms with Crippen LogP contribution in [0.1, 0.15) is 25.5 Å². The van der Waals surface area contributed by atoms with E-state index in [1.54, 1.807) is 11.2 Å². The highest BCUT2D eigenvalue weighted by molar-refractivity contribution is 5.79. The van der Waals surface area contributed by atoms with E-state index in [1.807, 2.05) is 19.1 Å². The molecule has 2 N–H and O–H groups in total. The molecule has 1 fully saturated rings. The lowest BCUT2D eigenvalue weighted by Crippen LogP contribution is -2.45. The molecule has 0 aliphatic carbocycles. The highest BCUT2D eigenvalue weighted by Crippen LogP contribution is 2.17. The number of piperidine rings is 1. The van der Waals surface area contributed by atoms with Crippen LogP contribution in [-0.2, 0) is 16.0 Å². The average Bonchev–Trinajstić information content (AvgIpc) is 2.97. The first-order chi connectivity index (χ1) is 10.1. The number of nitrogens with zero attached hydrogens (tertiary/aromatic N) is 1. The largest absolute Gasteiger partial charge is 0.481 e. The van der Waals surface area contributed by atoms with Gasteiger partial charge in [-0.25, -0.2) is 0 Å². The van der Waals surface area contributed by atoms with Crippen LogP contribution in [0.5, 0.6) is 0 Å². The van der Waals surface area contributed by atoms with Crippen LogP contribution in [0.2, 0.25) is 0 Å². The summed E-state index contributed by atoms with van der Waals surface area (Å²) in [6.07, 6.45) is 3.47. The number of amides is 1. The molecule has 1 unspecified atom stereocenters. The fraction of sp³-hybridized carbons (Fsp3) is 0.600. The molecule has 0 spiro atoms. The van der Waals surface area contributed by atoms with Crippen LogP contribution >= 0.6 is 0 Å². The van der Waals surface area contributed by atoms with Crippen LogP contribution in [0.4, 0.5) is 0 Å². The second-order valence-corrected chi connectivity index (χ2v) is 5.56. The number of carbonyl (C=O) groups is 2. The van der Waals surface area contributed by atoms with Crippen molar-refractivity contribution < 1.29 is 19.1 Å². The van der Waals surface area contributed by atoms with Gasteiger partial charge in [0.2, 0.25) is 5.91 Å². The zero-order valence-electron chi connectivity index (χ0n) is 12.2. The summed E-state index contributed by atoms with van der Waals surface area (Å²) in [4.78, 5) is 24.7. The summed E-state index contributed by atoms with van der Waals surface area (Å²) >= 11 is 0. The third-order valence-electron chi connectivity index (χ3n) is 3.89. The molecule has 1 aromatic heterocycles. The monoisotopic (exact) mass is 294 g/mol. The Morgan fingerprint density at radius 1 is 1.48 bits per heavy atom. The maximum atomic E-state index is 12.1. The van der Waals surface area contributed by atoms with Gasteiger partial charge in [0, 0.05) is 25.6 Å². The minimum absolute atomic E-state index is 0.0325. The molecule has 1 amide bonds. The standard InChI is InChI=1S/C15H22N2O4/c1-11(9-13-3-2-8-21-13)16-10-14(18)17-6-4-12(5-7-17)15(19)20/h2-3,8,11-12,16H,4-7,9-10H2,1H3,(H,19,20). The number of carbonyl (C=O) groups excluding carboxylic acids is 1. The van der Waals surface area contributed by atoms with E-state index >= 15 is 0 Å². The van der Waals surface area contributed by atoms with Gasteiger partial charge in [-0.15, -0.1) is 0 Å². The molecule has 0 bridgehead atoms. The number of furan rings is 1. The maximum Gasteiger partial charge on any atom is 0.306 e. The van der Waals surface area contributed by atoms with Gasteiger partial charge in [0.15, 0.2) is 0 Å². The zero-order valence-corrected chi connectivity index (χ0v) is 12.2. The summed E-state index contributed by atoms with van der Waals surface area (Å²) in [6.45, 7) is 3.35. The molecule has 0 radical (unpaired) electrons. The summed E-state index contributed by atoms with van der Waals surface area (Å²) in [5, 5.41) is 12.1. The molecule has 1 aliphatic rings. The number of rotatable bonds is 6. The van der Waals surface area contributed by atoms with E-state index < -0.39 is 5.97 Å². The Morgan fingerprint density at radius 3 is 2.76 bits per heavy atom. The topological polar surface area (TPSA) is 82.8 Å². The number of carboxylic acids is 1. The molecule has 6 nitrogen and oxygen atoms in total. The number of aliphatic carboxylic acids is 1. The third kappa shape index (κ3) is 4.60. The van der Waals surface area contributed by atoms with Crippen LogP contribution in [-0.4, -0.2) is 47.6 Å². The zero-order chi connectivity index (χ0) is 15.2. The molecule has 6 heteroatoms. The van der Waals surface area contributed by atoms with Crippen molar-refractivity contribution in [2.75, 3.05) is 19.6 Å². The molecule has 2 rings (SSSR count). The Hall–Kier alpha value is -1.82. The molecule has 0 saturated carbocycles. The van der Waals surface area contributed by atoms with Crippen molar-refractivity contribution in [1.29, 1.82) is 0 Å². The predicted molar refractivity (Wildman–Crippen MR) is 76.8 cm³/mol. The Balaban J connectivity index is 1.69. The van der Waals surface area contributed by atoms with Crippen LogP contribution in [0.15, 0.2) is 22.8 Å². The van der Waals surface area contributed by atoms with Gasteiger partial charge < -0.3 is 19.7 Å². The van der Waals surface area contributed by atoms with E-state index in [9.17, 15) is 9.59 Å². The lowest BCUT2D eigenvalue weighted by molar-refractivity contribution is -0.145. The second kappa shape index (κ2) is 7.26. The van der Waals surface area contributed by atoms with Crippen molar-refractivity contribution in [2.24, 2.45) is 5.92 Å². The smallest absolute Gasteiger partial charge is 0.306 e. The third-order valence-corrected chi connectivity index (χ3v) is 3.89. The minimum atomic E-state index is -0.757. The quantitative estimate of drug-likeness (QED) is 0.821. The predicted octanol–water partition coefficient (Wildman–Crippen LogP) is 1.12. The SMILES string of the molecule is CC(Cc1ccco1)NCC(=O)N1CCC(C(=O)O)CC1. The Labute approximate surface area is 124 Å². The summed E-state index contributed by atoms with van der Waals surface area (Å²) in [5.41, 5.74) is 0. The molecule has 0 aromatic carbocycles. The van der Waals surface area contributed by atoms with Crippen molar-refractivity contribution in [3.63, 3.8) is 0 Å². The van der Waals surface area contributed by atoms with Crippen LogP contribution in [0.3, 0.4) is 0 Å². The van der Waals surface area contributed by atoms with E-state index in [4.69, 9.17) is 9.52 Å². The van der Waals surface area contributed by atoms with Gasteiger partial charge in [0.25, 0.3) is 0 Å². The molecule has 2 heterocycles. The van der Waals surface area contributed by atoms with E-state index in [1.165, 1.54) is 0 Å². The molecular weight excluding hydrogens is 272 g/mol. The summed E-state index contributed by atoms with van der Waals surface area (Å²) in [5.74, 6) is -0.137. The molecule has 1 saturated heterocycles. The van der Waals surface area contributed by atoms with Gasteiger partial charge in [-0.2, -0.15) is 0 Å². The molecule has 1 aliphatic heterocycles. The van der Waals surface area contributed by atoms with Crippen molar-refractivity contribution in [2.45, 2.75) is 32.2 Å². The van der Waals surface area contributed by atoms with Crippen molar-refractivity contribution in [3.05, 3.63) is 24.2 Å². The Morgan fingerprint density at radius 2 is 2.19 bits per heavy atom. The summed E-state index contributed by atoms with van der Waals surface area (Å²) in [7, 11) is 0. The molecule has 21 heavy (non-hydrogen) atoms.